The van der Waals surface area contributed by atoms with Crippen molar-refractivity contribution in [1.82, 2.24) is 14.5 Å². The van der Waals surface area contributed by atoms with Crippen molar-refractivity contribution in [2.75, 3.05) is 0 Å². The summed E-state index contributed by atoms with van der Waals surface area (Å²) in [7, 11) is 0. The molecule has 3 nitrogen and oxygen atoms in total. The van der Waals surface area contributed by atoms with Crippen molar-refractivity contribution < 1.29 is 0 Å². The van der Waals surface area contributed by atoms with Crippen LogP contribution in [0.4, 0.5) is 0 Å². The molecule has 0 radical (unpaired) electrons. The van der Waals surface area contributed by atoms with Crippen LogP contribution in [-0.4, -0.2) is 14.5 Å². The number of para-hydroxylation sites is 1. The summed E-state index contributed by atoms with van der Waals surface area (Å²) in [5.74, 6) is 0.846. The van der Waals surface area contributed by atoms with E-state index < -0.39 is 0 Å². The number of aromatic nitrogens is 3. The molecule has 19 heavy (non-hydrogen) atoms. The molecule has 0 bridgehead atoms. The first kappa shape index (κ1) is 12.2. The molecule has 0 N–H and O–H groups in total. The van der Waals surface area contributed by atoms with E-state index in [9.17, 15) is 0 Å². The number of hydrogen-bond donors (Lipinski definition) is 0. The van der Waals surface area contributed by atoms with Crippen LogP contribution in [0.25, 0.3) is 16.7 Å². The Morgan fingerprint density at radius 3 is 2.74 bits per heavy atom. The van der Waals surface area contributed by atoms with E-state index in [1.807, 2.05) is 25.1 Å². The van der Waals surface area contributed by atoms with E-state index >= 15 is 0 Å². The molecule has 0 spiro atoms. The van der Waals surface area contributed by atoms with E-state index in [1.54, 1.807) is 12.4 Å². The van der Waals surface area contributed by atoms with Gasteiger partial charge in [0.15, 0.2) is 0 Å². The van der Waals surface area contributed by atoms with Crippen molar-refractivity contribution >= 4 is 22.6 Å². The molecular weight excluding hydrogens is 258 g/mol. The molecule has 0 amide bonds. The van der Waals surface area contributed by atoms with Crippen LogP contribution in [0.5, 0.6) is 0 Å². The highest BCUT2D eigenvalue weighted by molar-refractivity contribution is 6.20. The Morgan fingerprint density at radius 1 is 1.21 bits per heavy atom. The van der Waals surface area contributed by atoms with Gasteiger partial charge in [0.1, 0.15) is 11.3 Å². The highest BCUT2D eigenvalue weighted by Gasteiger charge is 2.17. The molecule has 0 saturated heterocycles. The first-order chi connectivity index (χ1) is 9.18. The summed E-state index contributed by atoms with van der Waals surface area (Å²) in [6, 6.07) is 10.2. The van der Waals surface area contributed by atoms with Crippen LogP contribution in [0.1, 0.15) is 23.7 Å². The standard InChI is InChI=1S/C15H14ClN3/c1-10-5-3-4-6-13(10)19-14-7-8-17-9-12(14)18-15(19)11(2)16/h3-9,11H,1-2H3. The lowest BCUT2D eigenvalue weighted by Crippen LogP contribution is -2.03. The number of aryl methyl sites for hydroxylation is 1. The van der Waals surface area contributed by atoms with Gasteiger partial charge in [0, 0.05) is 6.20 Å². The Bertz CT molecular complexity index is 731. The molecule has 1 unspecified atom stereocenters. The smallest absolute Gasteiger partial charge is 0.132 e. The topological polar surface area (TPSA) is 30.7 Å². The molecule has 4 heteroatoms. The summed E-state index contributed by atoms with van der Waals surface area (Å²) in [6.45, 7) is 4.02. The normalized spacial score (nSPS) is 12.8. The average molecular weight is 272 g/mol. The Hall–Kier alpha value is -1.87. The maximum atomic E-state index is 6.28. The molecule has 2 heterocycles. The van der Waals surface area contributed by atoms with Crippen LogP contribution in [0, 0.1) is 6.92 Å². The molecule has 1 atom stereocenters. The molecule has 3 rings (SSSR count). The summed E-state index contributed by atoms with van der Waals surface area (Å²) in [5.41, 5.74) is 4.20. The first-order valence-electron chi connectivity index (χ1n) is 6.21. The second kappa shape index (κ2) is 4.67. The number of imidazole rings is 1. The van der Waals surface area contributed by atoms with Crippen LogP contribution < -0.4 is 0 Å². The lowest BCUT2D eigenvalue weighted by molar-refractivity contribution is 0.878. The molecule has 0 aliphatic carbocycles. The zero-order valence-corrected chi connectivity index (χ0v) is 11.6. The highest BCUT2D eigenvalue weighted by atomic mass is 35.5. The van der Waals surface area contributed by atoms with Gasteiger partial charge in [-0.05, 0) is 31.5 Å². The van der Waals surface area contributed by atoms with Crippen molar-refractivity contribution in [2.45, 2.75) is 19.2 Å². The minimum Gasteiger partial charge on any atom is -0.295 e. The Kier molecular flexibility index (Phi) is 2.99. The maximum Gasteiger partial charge on any atom is 0.132 e. The number of nitrogens with zero attached hydrogens (tertiary/aromatic N) is 3. The van der Waals surface area contributed by atoms with Crippen LogP contribution in [0.3, 0.4) is 0 Å². The van der Waals surface area contributed by atoms with E-state index in [4.69, 9.17) is 11.6 Å². The van der Waals surface area contributed by atoms with Crippen molar-refractivity contribution in [3.8, 4) is 5.69 Å². The van der Waals surface area contributed by atoms with Crippen molar-refractivity contribution in [3.05, 3.63) is 54.1 Å². The van der Waals surface area contributed by atoms with Crippen LogP contribution in [0.2, 0.25) is 0 Å². The quantitative estimate of drug-likeness (QED) is 0.659. The van der Waals surface area contributed by atoms with Gasteiger partial charge >= 0.3 is 0 Å². The highest BCUT2D eigenvalue weighted by Crippen LogP contribution is 2.28. The lowest BCUT2D eigenvalue weighted by atomic mass is 10.2. The number of alkyl halides is 1. The van der Waals surface area contributed by atoms with Gasteiger partial charge in [-0.3, -0.25) is 9.55 Å². The fraction of sp³-hybridized carbons (Fsp3) is 0.200. The molecule has 3 aromatic rings. The van der Waals surface area contributed by atoms with E-state index in [2.05, 4.69) is 33.6 Å². The van der Waals surface area contributed by atoms with E-state index in [0.29, 0.717) is 0 Å². The van der Waals surface area contributed by atoms with Gasteiger partial charge in [-0.2, -0.15) is 0 Å². The van der Waals surface area contributed by atoms with Crippen molar-refractivity contribution in [2.24, 2.45) is 0 Å². The minimum atomic E-state index is -0.160. The second-order valence-corrected chi connectivity index (χ2v) is 5.23. The second-order valence-electron chi connectivity index (χ2n) is 4.57. The molecular formula is C15H14ClN3. The number of benzene rings is 1. The third-order valence-corrected chi connectivity index (χ3v) is 3.39. The van der Waals surface area contributed by atoms with Gasteiger partial charge in [-0.15, -0.1) is 11.6 Å². The van der Waals surface area contributed by atoms with Crippen LogP contribution in [-0.2, 0) is 0 Å². The van der Waals surface area contributed by atoms with Gasteiger partial charge in [0.05, 0.1) is 22.8 Å². The third kappa shape index (κ3) is 2.00. The molecule has 0 aliphatic rings. The molecule has 1 aromatic carbocycles. The lowest BCUT2D eigenvalue weighted by Gasteiger charge is -2.12. The molecule has 0 fully saturated rings. The largest absolute Gasteiger partial charge is 0.295 e. The van der Waals surface area contributed by atoms with Gasteiger partial charge in [0.25, 0.3) is 0 Å². The zero-order chi connectivity index (χ0) is 13.4. The van der Waals surface area contributed by atoms with Gasteiger partial charge in [-0.25, -0.2) is 4.98 Å². The van der Waals surface area contributed by atoms with Gasteiger partial charge < -0.3 is 0 Å². The van der Waals surface area contributed by atoms with E-state index in [1.165, 1.54) is 5.56 Å². The van der Waals surface area contributed by atoms with Gasteiger partial charge in [0.2, 0.25) is 0 Å². The Balaban J connectivity index is 2.38. The Morgan fingerprint density at radius 2 is 2.00 bits per heavy atom. The summed E-state index contributed by atoms with van der Waals surface area (Å²) in [4.78, 5) is 8.72. The summed E-state index contributed by atoms with van der Waals surface area (Å²) < 4.78 is 2.12. The van der Waals surface area contributed by atoms with E-state index in [0.717, 1.165) is 22.5 Å². The summed E-state index contributed by atoms with van der Waals surface area (Å²) in [5, 5.41) is -0.160. The van der Waals surface area contributed by atoms with Crippen LogP contribution in [0.15, 0.2) is 42.7 Å². The van der Waals surface area contributed by atoms with Crippen molar-refractivity contribution in [3.63, 3.8) is 0 Å². The molecule has 0 aliphatic heterocycles. The fourth-order valence-corrected chi connectivity index (χ4v) is 2.43. The summed E-state index contributed by atoms with van der Waals surface area (Å²) >= 11 is 6.28. The van der Waals surface area contributed by atoms with Gasteiger partial charge in [-0.1, -0.05) is 18.2 Å². The molecule has 0 saturated carbocycles. The first-order valence-corrected chi connectivity index (χ1v) is 6.64. The number of fused-ring (bicyclic) bond motifs is 1. The summed E-state index contributed by atoms with van der Waals surface area (Å²) in [6.07, 6.45) is 3.55. The minimum absolute atomic E-state index is 0.160. The number of pyridine rings is 1. The number of hydrogen-bond acceptors (Lipinski definition) is 2. The van der Waals surface area contributed by atoms with Crippen molar-refractivity contribution in [1.29, 1.82) is 0 Å². The zero-order valence-electron chi connectivity index (χ0n) is 10.8. The molecule has 2 aromatic heterocycles. The number of rotatable bonds is 2. The van der Waals surface area contributed by atoms with E-state index in [-0.39, 0.29) is 5.38 Å². The monoisotopic (exact) mass is 271 g/mol. The third-order valence-electron chi connectivity index (χ3n) is 3.19. The fourth-order valence-electron chi connectivity index (χ4n) is 2.29. The predicted molar refractivity (Wildman–Crippen MR) is 77.9 cm³/mol. The van der Waals surface area contributed by atoms with Crippen LogP contribution >= 0.6 is 11.6 Å². The predicted octanol–water partition coefficient (Wildman–Crippen LogP) is 4.03. The SMILES string of the molecule is Cc1ccccc1-n1c(C(C)Cl)nc2cnccc21. The average Bonchev–Trinajstić information content (AvgIpc) is 2.79. The molecule has 96 valence electrons. The maximum absolute atomic E-state index is 6.28. The number of halogens is 1. The Labute approximate surface area is 116 Å².